The van der Waals surface area contributed by atoms with Gasteiger partial charge in [-0.1, -0.05) is 20.3 Å². The predicted molar refractivity (Wildman–Crippen MR) is 111 cm³/mol. The van der Waals surface area contributed by atoms with Crippen molar-refractivity contribution in [2.24, 2.45) is 46.8 Å². The molecule has 0 bridgehead atoms. The molecular weight excluding hydrogens is 342 g/mol. The Morgan fingerprint density at radius 2 is 1.93 bits per heavy atom. The van der Waals surface area contributed by atoms with E-state index in [1.807, 2.05) is 6.20 Å². The van der Waals surface area contributed by atoms with Crippen LogP contribution < -0.4 is 0 Å². The maximum absolute atomic E-state index is 9.17. The lowest BCUT2D eigenvalue weighted by Crippen LogP contribution is -2.49. The third-order valence-electron chi connectivity index (χ3n) is 10.0. The Labute approximate surface area is 170 Å². The number of hydrogen-bond acceptors (Lipinski definition) is 2. The van der Waals surface area contributed by atoms with Gasteiger partial charge in [-0.2, -0.15) is 10.4 Å². The van der Waals surface area contributed by atoms with Gasteiger partial charge < -0.3 is 0 Å². The van der Waals surface area contributed by atoms with E-state index in [1.54, 1.807) is 6.20 Å². The molecule has 0 amide bonds. The highest BCUT2D eigenvalue weighted by Gasteiger charge is 2.57. The van der Waals surface area contributed by atoms with Crippen molar-refractivity contribution in [1.29, 1.82) is 5.26 Å². The minimum Gasteiger partial charge on any atom is -0.268 e. The molecule has 28 heavy (non-hydrogen) atoms. The number of nitriles is 1. The monoisotopic (exact) mass is 379 g/mol. The fourth-order valence-electron chi connectivity index (χ4n) is 8.72. The van der Waals surface area contributed by atoms with Gasteiger partial charge in [0.1, 0.15) is 6.07 Å². The van der Waals surface area contributed by atoms with Crippen LogP contribution in [-0.4, -0.2) is 9.78 Å². The molecule has 3 nitrogen and oxygen atoms in total. The van der Waals surface area contributed by atoms with Gasteiger partial charge in [0.15, 0.2) is 0 Å². The molecule has 4 saturated carbocycles. The van der Waals surface area contributed by atoms with Crippen LogP contribution in [0, 0.1) is 58.2 Å². The first-order valence-corrected chi connectivity index (χ1v) is 12.0. The number of aromatic nitrogens is 2. The molecule has 9 unspecified atom stereocenters. The zero-order chi connectivity index (χ0) is 19.5. The normalized spacial score (nSPS) is 46.1. The second-order valence-corrected chi connectivity index (χ2v) is 11.1. The lowest BCUT2D eigenvalue weighted by molar-refractivity contribution is -0.0724. The summed E-state index contributed by atoms with van der Waals surface area (Å²) in [5.74, 6) is 6.68. The number of fused-ring (bicyclic) bond motifs is 5. The average molecular weight is 380 g/mol. The Bertz CT molecular complexity index is 760. The molecule has 0 spiro atoms. The number of hydrogen-bond donors (Lipinski definition) is 0. The molecule has 0 aliphatic heterocycles. The van der Waals surface area contributed by atoms with Gasteiger partial charge >= 0.3 is 0 Å². The average Bonchev–Trinajstić information content (AvgIpc) is 3.31. The van der Waals surface area contributed by atoms with Crippen molar-refractivity contribution in [2.45, 2.75) is 84.6 Å². The Morgan fingerprint density at radius 3 is 2.71 bits per heavy atom. The Morgan fingerprint density at radius 1 is 1.11 bits per heavy atom. The molecule has 4 fully saturated rings. The van der Waals surface area contributed by atoms with Crippen molar-refractivity contribution in [3.05, 3.63) is 18.0 Å². The van der Waals surface area contributed by atoms with Crippen molar-refractivity contribution in [2.75, 3.05) is 0 Å². The summed E-state index contributed by atoms with van der Waals surface area (Å²) in [5, 5.41) is 13.7. The van der Waals surface area contributed by atoms with Crippen LogP contribution in [0.4, 0.5) is 0 Å². The van der Waals surface area contributed by atoms with E-state index in [4.69, 9.17) is 0 Å². The van der Waals surface area contributed by atoms with Crippen molar-refractivity contribution in [3.63, 3.8) is 0 Å². The quantitative estimate of drug-likeness (QED) is 0.612. The van der Waals surface area contributed by atoms with Gasteiger partial charge in [0.2, 0.25) is 0 Å². The minimum atomic E-state index is 0.403. The SMILES string of the molecule is CC1CCC2C(CCC3C2CCC2(C)C3CCC2C(C)n2cc(C#N)cn2)C1. The van der Waals surface area contributed by atoms with Crippen molar-refractivity contribution in [1.82, 2.24) is 9.78 Å². The summed E-state index contributed by atoms with van der Waals surface area (Å²) >= 11 is 0. The summed E-state index contributed by atoms with van der Waals surface area (Å²) in [5.41, 5.74) is 1.16. The summed E-state index contributed by atoms with van der Waals surface area (Å²) < 4.78 is 2.09. The third-order valence-corrected chi connectivity index (χ3v) is 10.0. The van der Waals surface area contributed by atoms with Gasteiger partial charge in [-0.25, -0.2) is 0 Å². The standard InChI is InChI=1S/C25H37N3/c1-16-4-6-20-19(12-16)5-7-22-21(20)10-11-25(3)23(8-9-24(22)25)17(2)28-15-18(13-26)14-27-28/h14-17,19-24H,4-12H2,1-3H3. The highest BCUT2D eigenvalue weighted by Crippen LogP contribution is 2.65. The first-order chi connectivity index (χ1) is 13.5. The first kappa shape index (κ1) is 18.7. The molecule has 0 aromatic carbocycles. The lowest BCUT2D eigenvalue weighted by atomic mass is 9.49. The van der Waals surface area contributed by atoms with Crippen LogP contribution in [0.2, 0.25) is 0 Å². The fraction of sp³-hybridized carbons (Fsp3) is 0.840. The molecule has 1 heterocycles. The van der Waals surface area contributed by atoms with Crippen LogP contribution in [0.1, 0.15) is 90.2 Å². The van der Waals surface area contributed by atoms with Crippen LogP contribution >= 0.6 is 0 Å². The highest BCUT2D eigenvalue weighted by atomic mass is 15.3. The first-order valence-electron chi connectivity index (χ1n) is 12.0. The van der Waals surface area contributed by atoms with E-state index in [-0.39, 0.29) is 0 Å². The van der Waals surface area contributed by atoms with Crippen LogP contribution in [0.25, 0.3) is 0 Å². The summed E-state index contributed by atoms with van der Waals surface area (Å²) in [6.07, 6.45) is 16.9. The molecule has 5 rings (SSSR count). The molecule has 152 valence electrons. The number of nitrogens with zero attached hydrogens (tertiary/aromatic N) is 3. The van der Waals surface area contributed by atoms with Gasteiger partial charge in [-0.05, 0) is 105 Å². The largest absolute Gasteiger partial charge is 0.268 e. The summed E-state index contributed by atoms with van der Waals surface area (Å²) in [4.78, 5) is 0. The molecule has 1 aromatic heterocycles. The fourth-order valence-corrected chi connectivity index (χ4v) is 8.72. The molecule has 3 heteroatoms. The van der Waals surface area contributed by atoms with E-state index in [0.717, 1.165) is 35.5 Å². The van der Waals surface area contributed by atoms with Crippen molar-refractivity contribution in [3.8, 4) is 6.07 Å². The predicted octanol–water partition coefficient (Wildman–Crippen LogP) is 6.22. The van der Waals surface area contributed by atoms with Crippen LogP contribution in [0.15, 0.2) is 12.4 Å². The Kier molecular flexibility index (Phi) is 4.61. The summed E-state index contributed by atoms with van der Waals surface area (Å²) in [7, 11) is 0. The summed E-state index contributed by atoms with van der Waals surface area (Å²) in [6, 6.07) is 2.65. The van der Waals surface area contributed by atoms with Gasteiger partial charge in [-0.15, -0.1) is 0 Å². The Balaban J connectivity index is 1.36. The van der Waals surface area contributed by atoms with Crippen LogP contribution in [0.5, 0.6) is 0 Å². The highest BCUT2D eigenvalue weighted by molar-refractivity contribution is 5.22. The van der Waals surface area contributed by atoms with Crippen molar-refractivity contribution < 1.29 is 0 Å². The second-order valence-electron chi connectivity index (χ2n) is 11.1. The van der Waals surface area contributed by atoms with E-state index in [2.05, 4.69) is 36.6 Å². The molecule has 1 aromatic rings. The van der Waals surface area contributed by atoms with Crippen molar-refractivity contribution >= 4 is 0 Å². The zero-order valence-corrected chi connectivity index (χ0v) is 18.0. The van der Waals surface area contributed by atoms with Crippen LogP contribution in [0.3, 0.4) is 0 Å². The van der Waals surface area contributed by atoms with Gasteiger partial charge in [0.05, 0.1) is 17.8 Å². The molecule has 4 aliphatic rings. The zero-order valence-electron chi connectivity index (χ0n) is 18.0. The smallest absolute Gasteiger partial charge is 0.102 e. The topological polar surface area (TPSA) is 41.6 Å². The maximum atomic E-state index is 9.17. The second kappa shape index (κ2) is 6.89. The molecule has 9 atom stereocenters. The van der Waals surface area contributed by atoms with Gasteiger partial charge in [0.25, 0.3) is 0 Å². The van der Waals surface area contributed by atoms with E-state index in [0.29, 0.717) is 22.9 Å². The van der Waals surface area contributed by atoms with Gasteiger partial charge in [-0.3, -0.25) is 4.68 Å². The lowest BCUT2D eigenvalue weighted by Gasteiger charge is -2.56. The van der Waals surface area contributed by atoms with E-state index < -0.39 is 0 Å². The molecule has 0 saturated heterocycles. The molecule has 0 N–H and O–H groups in total. The maximum Gasteiger partial charge on any atom is 0.102 e. The summed E-state index contributed by atoms with van der Waals surface area (Å²) in [6.45, 7) is 7.44. The van der Waals surface area contributed by atoms with E-state index >= 15 is 0 Å². The molecule has 0 radical (unpaired) electrons. The van der Waals surface area contributed by atoms with E-state index in [9.17, 15) is 5.26 Å². The number of rotatable bonds is 2. The van der Waals surface area contributed by atoms with E-state index in [1.165, 1.54) is 57.8 Å². The Hall–Kier alpha value is -1.30. The minimum absolute atomic E-state index is 0.403. The third kappa shape index (κ3) is 2.78. The van der Waals surface area contributed by atoms with Gasteiger partial charge in [0, 0.05) is 6.20 Å². The molecule has 4 aliphatic carbocycles. The molecular formula is C25H37N3. The van der Waals surface area contributed by atoms with Crippen LogP contribution in [-0.2, 0) is 0 Å².